The number of rotatable bonds is 5. The molecule has 0 spiro atoms. The molecule has 0 atom stereocenters. The Morgan fingerprint density at radius 3 is 2.67 bits per heavy atom. The Balaban J connectivity index is 3.72. The lowest BCUT2D eigenvalue weighted by atomic mass is 10.3. The second-order valence-electron chi connectivity index (χ2n) is 2.40. The van der Waals surface area contributed by atoms with E-state index in [0.29, 0.717) is 12.1 Å². The molecule has 0 heterocycles. The van der Waals surface area contributed by atoms with Crippen molar-refractivity contribution in [2.45, 2.75) is 6.92 Å². The molecule has 0 aromatic carbocycles. The lowest BCUT2D eigenvalue weighted by Gasteiger charge is -2.02. The fourth-order valence-corrected chi connectivity index (χ4v) is 0.660. The minimum atomic E-state index is -0.0769. The molecule has 0 aromatic heterocycles. The van der Waals surface area contributed by atoms with Crippen LogP contribution in [0, 0.1) is 0 Å². The lowest BCUT2D eigenvalue weighted by molar-refractivity contribution is -0.117. The SMILES string of the molecule is CNCCNC(=O)/C(C)=C\C=[NH2+]. The molecular weight excluding hydrogens is 154 g/mol. The highest BCUT2D eigenvalue weighted by molar-refractivity contribution is 5.95. The van der Waals surface area contributed by atoms with E-state index in [2.05, 4.69) is 10.6 Å². The third kappa shape index (κ3) is 4.62. The van der Waals surface area contributed by atoms with Crippen molar-refractivity contribution in [1.82, 2.24) is 10.6 Å². The van der Waals surface area contributed by atoms with E-state index in [1.807, 2.05) is 7.05 Å². The molecule has 0 aromatic rings. The summed E-state index contributed by atoms with van der Waals surface area (Å²) in [5.41, 5.74) is 0.619. The Bertz CT molecular complexity index is 187. The number of amides is 1. The average Bonchev–Trinajstić information content (AvgIpc) is 2.05. The molecule has 0 radical (unpaired) electrons. The van der Waals surface area contributed by atoms with Gasteiger partial charge in [-0.1, -0.05) is 0 Å². The minimum Gasteiger partial charge on any atom is -0.351 e. The van der Waals surface area contributed by atoms with Gasteiger partial charge in [-0.3, -0.25) is 10.2 Å². The molecule has 1 amide bonds. The summed E-state index contributed by atoms with van der Waals surface area (Å²) in [6.07, 6.45) is 2.93. The molecule has 0 saturated carbocycles. The van der Waals surface area contributed by atoms with Gasteiger partial charge in [0.1, 0.15) is 0 Å². The summed E-state index contributed by atoms with van der Waals surface area (Å²) in [6.45, 7) is 3.12. The molecule has 12 heavy (non-hydrogen) atoms. The molecule has 0 saturated heterocycles. The zero-order chi connectivity index (χ0) is 9.40. The van der Waals surface area contributed by atoms with E-state index < -0.39 is 0 Å². The smallest absolute Gasteiger partial charge is 0.247 e. The van der Waals surface area contributed by atoms with E-state index >= 15 is 0 Å². The number of carbonyl (C=O) groups excluding carboxylic acids is 1. The summed E-state index contributed by atoms with van der Waals surface area (Å²) in [5.74, 6) is -0.0769. The summed E-state index contributed by atoms with van der Waals surface area (Å²) >= 11 is 0. The first-order valence-electron chi connectivity index (χ1n) is 3.87. The Morgan fingerprint density at radius 2 is 2.17 bits per heavy atom. The first-order valence-corrected chi connectivity index (χ1v) is 3.87. The number of hydrogen-bond donors (Lipinski definition) is 3. The van der Waals surface area contributed by atoms with Crippen molar-refractivity contribution in [2.75, 3.05) is 20.1 Å². The van der Waals surface area contributed by atoms with Gasteiger partial charge in [0.05, 0.1) is 0 Å². The van der Waals surface area contributed by atoms with E-state index in [1.165, 1.54) is 6.21 Å². The first kappa shape index (κ1) is 10.8. The van der Waals surface area contributed by atoms with Crippen molar-refractivity contribution in [3.63, 3.8) is 0 Å². The zero-order valence-corrected chi connectivity index (χ0v) is 7.55. The van der Waals surface area contributed by atoms with Gasteiger partial charge in [0.2, 0.25) is 5.91 Å². The molecule has 0 aliphatic heterocycles. The molecule has 0 rings (SSSR count). The van der Waals surface area contributed by atoms with Crippen molar-refractivity contribution >= 4 is 12.1 Å². The summed E-state index contributed by atoms with van der Waals surface area (Å²) in [6, 6.07) is 0. The maximum absolute atomic E-state index is 11.1. The maximum atomic E-state index is 11.1. The van der Waals surface area contributed by atoms with E-state index in [9.17, 15) is 4.79 Å². The highest BCUT2D eigenvalue weighted by atomic mass is 16.1. The van der Waals surface area contributed by atoms with Crippen molar-refractivity contribution in [1.29, 1.82) is 0 Å². The van der Waals surface area contributed by atoms with Crippen molar-refractivity contribution in [3.8, 4) is 0 Å². The largest absolute Gasteiger partial charge is 0.351 e. The molecule has 0 aliphatic carbocycles. The summed E-state index contributed by atoms with van der Waals surface area (Å²) in [5, 5.41) is 10.8. The highest BCUT2D eigenvalue weighted by Crippen LogP contribution is 1.88. The summed E-state index contributed by atoms with van der Waals surface area (Å²) in [4.78, 5) is 11.1. The molecule has 0 bridgehead atoms. The molecule has 68 valence electrons. The van der Waals surface area contributed by atoms with Crippen molar-refractivity contribution in [3.05, 3.63) is 11.6 Å². The fourth-order valence-electron chi connectivity index (χ4n) is 0.660. The molecule has 0 fully saturated rings. The second-order valence-corrected chi connectivity index (χ2v) is 2.40. The lowest BCUT2D eigenvalue weighted by Crippen LogP contribution is -2.32. The topological polar surface area (TPSA) is 66.7 Å². The van der Waals surface area contributed by atoms with Crippen LogP contribution in [0.5, 0.6) is 0 Å². The van der Waals surface area contributed by atoms with Crippen LogP contribution >= 0.6 is 0 Å². The first-order chi connectivity index (χ1) is 5.72. The van der Waals surface area contributed by atoms with E-state index in [0.717, 1.165) is 6.54 Å². The highest BCUT2D eigenvalue weighted by Gasteiger charge is 2.00. The van der Waals surface area contributed by atoms with Crippen LogP contribution in [0.1, 0.15) is 6.92 Å². The second kappa shape index (κ2) is 6.54. The Hall–Kier alpha value is -1.16. The van der Waals surface area contributed by atoms with Crippen LogP contribution in [-0.4, -0.2) is 32.3 Å². The van der Waals surface area contributed by atoms with Gasteiger partial charge in [-0.05, 0) is 14.0 Å². The van der Waals surface area contributed by atoms with Crippen molar-refractivity contribution in [2.24, 2.45) is 0 Å². The van der Waals surface area contributed by atoms with Gasteiger partial charge >= 0.3 is 0 Å². The molecule has 0 aliphatic rings. The number of nitrogens with one attached hydrogen (secondary N) is 2. The minimum absolute atomic E-state index is 0.0769. The van der Waals surface area contributed by atoms with Crippen LogP contribution in [0.25, 0.3) is 0 Å². The standard InChI is InChI=1S/C8H15N3O/c1-7(3-4-9)8(12)11-6-5-10-2/h3-4,9-10H,5-6H2,1-2H3,(H,11,12)/p+1/b7-3-,9-4?. The van der Waals surface area contributed by atoms with E-state index in [4.69, 9.17) is 5.41 Å². The number of hydrogen-bond acceptors (Lipinski definition) is 2. The van der Waals surface area contributed by atoms with Gasteiger partial charge in [-0.25, -0.2) is 0 Å². The van der Waals surface area contributed by atoms with Crippen molar-refractivity contribution < 1.29 is 10.2 Å². The molecule has 4 N–H and O–H groups in total. The van der Waals surface area contributed by atoms with Gasteiger partial charge in [0.15, 0.2) is 6.21 Å². The van der Waals surface area contributed by atoms with E-state index in [-0.39, 0.29) is 5.91 Å². The predicted molar refractivity (Wildman–Crippen MR) is 48.7 cm³/mol. The van der Waals surface area contributed by atoms with E-state index in [1.54, 1.807) is 13.0 Å². The Morgan fingerprint density at radius 1 is 1.50 bits per heavy atom. The number of carbonyl (C=O) groups is 1. The molecule has 4 heteroatoms. The van der Waals surface area contributed by atoms with Crippen LogP contribution in [-0.2, 0) is 4.79 Å². The molecule has 4 nitrogen and oxygen atoms in total. The zero-order valence-electron chi connectivity index (χ0n) is 7.55. The Kier molecular flexibility index (Phi) is 5.91. The van der Waals surface area contributed by atoms with Crippen LogP contribution in [0.4, 0.5) is 0 Å². The van der Waals surface area contributed by atoms with Crippen LogP contribution in [0.2, 0.25) is 0 Å². The van der Waals surface area contributed by atoms with Gasteiger partial charge in [0, 0.05) is 24.7 Å². The predicted octanol–water partition coefficient (Wildman–Crippen LogP) is -1.90. The van der Waals surface area contributed by atoms with Crippen LogP contribution < -0.4 is 16.0 Å². The van der Waals surface area contributed by atoms with Crippen LogP contribution in [0.3, 0.4) is 0 Å². The van der Waals surface area contributed by atoms with Gasteiger partial charge in [-0.2, -0.15) is 0 Å². The van der Waals surface area contributed by atoms with Crippen LogP contribution in [0.15, 0.2) is 11.6 Å². The number of likely N-dealkylation sites (N-methyl/N-ethyl adjacent to an activating group) is 1. The van der Waals surface area contributed by atoms with Gasteiger partial charge < -0.3 is 10.6 Å². The average molecular weight is 170 g/mol. The number of allylic oxidation sites excluding steroid dienone is 1. The molecule has 0 unspecified atom stereocenters. The summed E-state index contributed by atoms with van der Waals surface area (Å²) < 4.78 is 0. The normalized spacial score (nSPS) is 11.0. The third-order valence-electron chi connectivity index (χ3n) is 1.36. The fraction of sp³-hybridized carbons (Fsp3) is 0.500. The molecular formula is C8H16N3O+. The third-order valence-corrected chi connectivity index (χ3v) is 1.36. The quantitative estimate of drug-likeness (QED) is 0.256. The summed E-state index contributed by atoms with van der Waals surface area (Å²) in [7, 11) is 1.84. The van der Waals surface area contributed by atoms with Gasteiger partial charge in [-0.15, -0.1) is 0 Å². The van der Waals surface area contributed by atoms with Gasteiger partial charge in [0.25, 0.3) is 0 Å². The number of nitrogens with two attached hydrogens (primary N) is 1. The monoisotopic (exact) mass is 170 g/mol. The maximum Gasteiger partial charge on any atom is 0.247 e. The Labute approximate surface area is 72.6 Å².